The molecule has 1 rings (SSSR count). The first kappa shape index (κ1) is 14.2. The molecule has 1 aromatic carbocycles. The van der Waals surface area contributed by atoms with Crippen LogP contribution in [0.1, 0.15) is 32.6 Å². The quantitative estimate of drug-likeness (QED) is 0.644. The maximum atomic E-state index is 9.00. The van der Waals surface area contributed by atoms with Crippen LogP contribution in [-0.4, -0.2) is 18.5 Å². The minimum atomic E-state index is -1.82. The lowest BCUT2D eigenvalue weighted by molar-refractivity contribution is -0.0424. The third-order valence-electron chi connectivity index (χ3n) is 3.36. The summed E-state index contributed by atoms with van der Waals surface area (Å²) < 4.78 is 6.08. The first-order chi connectivity index (χ1) is 7.63. The van der Waals surface area contributed by atoms with Crippen molar-refractivity contribution in [2.45, 2.75) is 45.2 Å². The maximum Gasteiger partial charge on any atom is 0.250 e. The van der Waals surface area contributed by atoms with Crippen LogP contribution < -0.4 is 4.43 Å². The number of rotatable bonds is 3. The molecule has 3 nitrogen and oxygen atoms in total. The van der Waals surface area contributed by atoms with E-state index in [1.807, 2.05) is 0 Å². The second kappa shape index (κ2) is 4.80. The first-order valence-corrected chi connectivity index (χ1v) is 8.69. The van der Waals surface area contributed by atoms with Crippen molar-refractivity contribution < 1.29 is 14.6 Å². The molecule has 0 bridgehead atoms. The average molecular weight is 254 g/mol. The Balaban J connectivity index is 2.83. The van der Waals surface area contributed by atoms with Gasteiger partial charge < -0.3 is 14.6 Å². The smallest absolute Gasteiger partial charge is 0.250 e. The molecule has 0 aromatic heterocycles. The summed E-state index contributed by atoms with van der Waals surface area (Å²) >= 11 is 0. The highest BCUT2D eigenvalue weighted by molar-refractivity contribution is 6.74. The monoisotopic (exact) mass is 254 g/mol. The first-order valence-electron chi connectivity index (χ1n) is 5.78. The number of hydrogen-bond acceptors (Lipinski definition) is 3. The second-order valence-corrected chi connectivity index (χ2v) is 10.5. The third-order valence-corrected chi connectivity index (χ3v) is 7.72. The van der Waals surface area contributed by atoms with Gasteiger partial charge in [0.2, 0.25) is 8.32 Å². The van der Waals surface area contributed by atoms with Gasteiger partial charge in [-0.3, -0.25) is 0 Å². The average Bonchev–Trinajstić information content (AvgIpc) is 2.16. The van der Waals surface area contributed by atoms with E-state index in [9.17, 15) is 0 Å². The Morgan fingerprint density at radius 2 is 1.53 bits per heavy atom. The fraction of sp³-hybridized carbons (Fsp3) is 0.538. The van der Waals surface area contributed by atoms with Crippen LogP contribution in [0.4, 0.5) is 0 Å². The van der Waals surface area contributed by atoms with Crippen LogP contribution in [-0.2, 0) is 0 Å². The minimum Gasteiger partial charge on any atom is -0.544 e. The van der Waals surface area contributed by atoms with Gasteiger partial charge in [-0.15, -0.1) is 0 Å². The molecule has 0 aliphatic heterocycles. The summed E-state index contributed by atoms with van der Waals surface area (Å²) in [4.78, 5) is 0. The Hall–Kier alpha value is -0.843. The summed E-state index contributed by atoms with van der Waals surface area (Å²) in [5.74, 6) is 0.793. The summed E-state index contributed by atoms with van der Waals surface area (Å²) in [5.41, 5.74) is 0.479. The van der Waals surface area contributed by atoms with E-state index in [4.69, 9.17) is 14.6 Å². The van der Waals surface area contributed by atoms with Crippen LogP contribution in [0, 0.1) is 0 Å². The van der Waals surface area contributed by atoms with Gasteiger partial charge in [-0.25, -0.2) is 0 Å². The normalized spacial score (nSPS) is 12.9. The summed E-state index contributed by atoms with van der Waals surface area (Å²) in [6.45, 7) is 10.9. The van der Waals surface area contributed by atoms with E-state index in [1.165, 1.54) is 0 Å². The molecular weight excluding hydrogens is 232 g/mol. The van der Waals surface area contributed by atoms with E-state index in [0.717, 1.165) is 5.75 Å². The van der Waals surface area contributed by atoms with E-state index < -0.39 is 14.6 Å². The van der Waals surface area contributed by atoms with Crippen molar-refractivity contribution in [3.8, 4) is 5.75 Å². The van der Waals surface area contributed by atoms with Crippen LogP contribution in [0.25, 0.3) is 0 Å². The van der Waals surface area contributed by atoms with Gasteiger partial charge in [-0.2, -0.15) is 0 Å². The van der Waals surface area contributed by atoms with Crippen LogP contribution in [0.2, 0.25) is 18.1 Å². The minimum absolute atomic E-state index is 0.155. The molecule has 0 aliphatic carbocycles. The van der Waals surface area contributed by atoms with Crippen LogP contribution >= 0.6 is 0 Å². The van der Waals surface area contributed by atoms with Crippen molar-refractivity contribution in [3.05, 3.63) is 29.8 Å². The van der Waals surface area contributed by atoms with Gasteiger partial charge >= 0.3 is 0 Å². The maximum absolute atomic E-state index is 9.00. The molecule has 96 valence electrons. The highest BCUT2D eigenvalue weighted by Crippen LogP contribution is 2.37. The van der Waals surface area contributed by atoms with Gasteiger partial charge in [-0.1, -0.05) is 32.9 Å². The molecular formula is C13H22O3Si. The lowest BCUT2D eigenvalue weighted by atomic mass is 10.2. The fourth-order valence-electron chi connectivity index (χ4n) is 1.16. The predicted molar refractivity (Wildman–Crippen MR) is 71.4 cm³/mol. The van der Waals surface area contributed by atoms with Crippen molar-refractivity contribution >= 4 is 8.32 Å². The van der Waals surface area contributed by atoms with E-state index >= 15 is 0 Å². The molecule has 0 aliphatic rings. The molecule has 0 saturated carbocycles. The number of aliphatic hydroxyl groups excluding tert-OH is 1. The van der Waals surface area contributed by atoms with E-state index in [-0.39, 0.29) is 5.04 Å². The third kappa shape index (κ3) is 3.56. The topological polar surface area (TPSA) is 49.7 Å². The van der Waals surface area contributed by atoms with Crippen LogP contribution in [0.15, 0.2) is 24.3 Å². The molecule has 0 atom stereocenters. The number of benzene rings is 1. The van der Waals surface area contributed by atoms with Crippen LogP contribution in [0.3, 0.4) is 0 Å². The molecule has 0 amide bonds. The van der Waals surface area contributed by atoms with Gasteiger partial charge in [0.25, 0.3) is 0 Å². The Kier molecular flexibility index (Phi) is 4.01. The predicted octanol–water partition coefficient (Wildman–Crippen LogP) is 3.05. The van der Waals surface area contributed by atoms with Crippen LogP contribution in [0.5, 0.6) is 5.75 Å². The Bertz CT molecular complexity index is 363. The van der Waals surface area contributed by atoms with Crippen molar-refractivity contribution in [1.82, 2.24) is 0 Å². The summed E-state index contributed by atoms with van der Waals surface area (Å²) in [6, 6.07) is 6.92. The lowest BCUT2D eigenvalue weighted by Gasteiger charge is -2.36. The molecule has 0 fully saturated rings. The molecule has 4 heteroatoms. The molecule has 0 heterocycles. The van der Waals surface area contributed by atoms with E-state index in [1.54, 1.807) is 24.3 Å². The molecule has 17 heavy (non-hydrogen) atoms. The largest absolute Gasteiger partial charge is 0.544 e. The van der Waals surface area contributed by atoms with Gasteiger partial charge in [0.15, 0.2) is 6.29 Å². The van der Waals surface area contributed by atoms with Crippen molar-refractivity contribution in [2.75, 3.05) is 0 Å². The fourth-order valence-corrected chi connectivity index (χ4v) is 2.19. The van der Waals surface area contributed by atoms with Gasteiger partial charge in [0.05, 0.1) is 0 Å². The zero-order chi connectivity index (χ0) is 13.3. The summed E-state index contributed by atoms with van der Waals surface area (Å²) in [7, 11) is -1.82. The zero-order valence-electron chi connectivity index (χ0n) is 11.2. The highest BCUT2D eigenvalue weighted by atomic mass is 28.4. The summed E-state index contributed by atoms with van der Waals surface area (Å²) in [6.07, 6.45) is -1.42. The molecule has 0 spiro atoms. The number of hydrogen-bond donors (Lipinski definition) is 2. The number of aliphatic hydroxyl groups is 2. The van der Waals surface area contributed by atoms with Gasteiger partial charge in [-0.05, 0) is 30.3 Å². The second-order valence-electron chi connectivity index (χ2n) is 5.81. The van der Waals surface area contributed by atoms with Crippen molar-refractivity contribution in [3.63, 3.8) is 0 Å². The molecule has 0 radical (unpaired) electrons. The molecule has 2 N–H and O–H groups in total. The Morgan fingerprint density at radius 3 is 1.88 bits per heavy atom. The molecule has 1 aromatic rings. The Labute approximate surface area is 104 Å². The van der Waals surface area contributed by atoms with E-state index in [2.05, 4.69) is 33.9 Å². The standard InChI is InChI=1S/C13H22O3Si/c1-13(2,3)17(4,5)16-11-8-6-10(7-9-11)12(14)15/h6-9,12,14-15H,1-5H3. The van der Waals surface area contributed by atoms with E-state index in [0.29, 0.717) is 5.56 Å². The highest BCUT2D eigenvalue weighted by Gasteiger charge is 2.38. The Morgan fingerprint density at radius 1 is 1.06 bits per heavy atom. The SMILES string of the molecule is CC(C)(C)[Si](C)(C)Oc1ccc(C(O)O)cc1. The van der Waals surface area contributed by atoms with Crippen molar-refractivity contribution in [2.24, 2.45) is 0 Å². The zero-order valence-corrected chi connectivity index (χ0v) is 12.2. The molecule has 0 unspecified atom stereocenters. The van der Waals surface area contributed by atoms with Crippen molar-refractivity contribution in [1.29, 1.82) is 0 Å². The van der Waals surface area contributed by atoms with Gasteiger partial charge in [0, 0.05) is 5.56 Å². The summed E-state index contributed by atoms with van der Waals surface area (Å²) in [5, 5.41) is 18.2. The molecule has 0 saturated heterocycles. The lowest BCUT2D eigenvalue weighted by Crippen LogP contribution is -2.43. The van der Waals surface area contributed by atoms with Gasteiger partial charge in [0.1, 0.15) is 5.75 Å².